The number of anilines is 1. The number of para-hydroxylation sites is 1. The van der Waals surface area contributed by atoms with E-state index in [1.807, 2.05) is 69.8 Å². The molecule has 110 valence electrons. The average Bonchev–Trinajstić information content (AvgIpc) is 2.53. The Hall–Kier alpha value is -2.75. The third kappa shape index (κ3) is 2.96. The van der Waals surface area contributed by atoms with Gasteiger partial charge in [-0.15, -0.1) is 5.11 Å². The molecule has 4 nitrogen and oxygen atoms in total. The summed E-state index contributed by atoms with van der Waals surface area (Å²) in [5.41, 5.74) is 4.02. The van der Waals surface area contributed by atoms with Crippen molar-refractivity contribution < 1.29 is 4.57 Å². The highest BCUT2D eigenvalue weighted by molar-refractivity contribution is 5.77. The van der Waals surface area contributed by atoms with Crippen LogP contribution in [-0.4, -0.2) is 14.1 Å². The van der Waals surface area contributed by atoms with E-state index >= 15 is 0 Å². The number of aryl methyl sites for hydroxylation is 1. The van der Waals surface area contributed by atoms with Crippen molar-refractivity contribution in [2.24, 2.45) is 17.3 Å². The number of nitrogens with zero attached hydrogens (tertiary/aromatic N) is 4. The second-order valence-corrected chi connectivity index (χ2v) is 5.48. The molecule has 0 bridgehead atoms. The van der Waals surface area contributed by atoms with Crippen molar-refractivity contribution in [1.29, 1.82) is 0 Å². The van der Waals surface area contributed by atoms with Crippen molar-refractivity contribution in [3.05, 3.63) is 60.8 Å². The zero-order valence-electron chi connectivity index (χ0n) is 13.1. The maximum Gasteiger partial charge on any atom is 0.212 e. The number of azo groups is 1. The van der Waals surface area contributed by atoms with Gasteiger partial charge in [0.1, 0.15) is 12.7 Å². The Labute approximate surface area is 130 Å². The summed E-state index contributed by atoms with van der Waals surface area (Å²) in [4.78, 5) is 2.06. The molecule has 0 radical (unpaired) electrons. The van der Waals surface area contributed by atoms with Crippen LogP contribution in [0.15, 0.2) is 71.0 Å². The van der Waals surface area contributed by atoms with Crippen molar-refractivity contribution >= 4 is 28.0 Å². The van der Waals surface area contributed by atoms with E-state index in [9.17, 15) is 0 Å². The smallest absolute Gasteiger partial charge is 0.212 e. The predicted molar refractivity (Wildman–Crippen MR) is 90.1 cm³/mol. The second-order valence-electron chi connectivity index (χ2n) is 5.48. The molecule has 4 heteroatoms. The topological polar surface area (TPSA) is 31.8 Å². The zero-order valence-corrected chi connectivity index (χ0v) is 13.1. The molecule has 3 aromatic rings. The van der Waals surface area contributed by atoms with Gasteiger partial charge in [-0.25, -0.2) is 0 Å². The number of hydrogen-bond donors (Lipinski definition) is 0. The average molecular weight is 291 g/mol. The summed E-state index contributed by atoms with van der Waals surface area (Å²) in [5, 5.41) is 9.83. The number of rotatable bonds is 3. The summed E-state index contributed by atoms with van der Waals surface area (Å²) in [6.45, 7) is 0. The van der Waals surface area contributed by atoms with Crippen molar-refractivity contribution in [1.82, 2.24) is 0 Å². The molecule has 1 heterocycles. The molecule has 0 saturated carbocycles. The molecule has 0 aliphatic rings. The van der Waals surface area contributed by atoms with E-state index in [1.165, 1.54) is 5.52 Å². The Kier molecular flexibility index (Phi) is 3.83. The van der Waals surface area contributed by atoms with Gasteiger partial charge in [-0.3, -0.25) is 0 Å². The highest BCUT2D eigenvalue weighted by Crippen LogP contribution is 2.22. The van der Waals surface area contributed by atoms with Crippen molar-refractivity contribution in [3.63, 3.8) is 0 Å². The van der Waals surface area contributed by atoms with Crippen LogP contribution in [0.1, 0.15) is 0 Å². The van der Waals surface area contributed by atoms with Gasteiger partial charge in [-0.05, 0) is 36.4 Å². The molecule has 0 aliphatic carbocycles. The predicted octanol–water partition coefficient (Wildman–Crippen LogP) is 4.15. The van der Waals surface area contributed by atoms with Crippen LogP contribution in [-0.2, 0) is 7.05 Å². The molecule has 0 unspecified atom stereocenters. The van der Waals surface area contributed by atoms with E-state index in [0.717, 1.165) is 22.4 Å². The van der Waals surface area contributed by atoms with Crippen LogP contribution in [0.2, 0.25) is 0 Å². The summed E-state index contributed by atoms with van der Waals surface area (Å²) in [5.74, 6) is 0. The highest BCUT2D eigenvalue weighted by Gasteiger charge is 2.06. The van der Waals surface area contributed by atoms with Crippen LogP contribution in [0.5, 0.6) is 0 Å². The van der Waals surface area contributed by atoms with Gasteiger partial charge in [0.15, 0.2) is 6.20 Å². The fourth-order valence-corrected chi connectivity index (χ4v) is 2.38. The largest absolute Gasteiger partial charge is 0.378 e. The molecule has 0 fully saturated rings. The molecular weight excluding hydrogens is 272 g/mol. The van der Waals surface area contributed by atoms with Gasteiger partial charge in [0.25, 0.3) is 0 Å². The SMILES string of the molecule is CN(C)c1ccc(N=Nc2cc3ccccc3[n+](C)c2)cc1. The molecule has 2 aromatic carbocycles. The Morgan fingerprint density at radius 1 is 0.864 bits per heavy atom. The fraction of sp³-hybridized carbons (Fsp3) is 0.167. The summed E-state index contributed by atoms with van der Waals surface area (Å²) >= 11 is 0. The molecule has 0 spiro atoms. The maximum absolute atomic E-state index is 4.35. The Morgan fingerprint density at radius 3 is 2.27 bits per heavy atom. The number of hydrogen-bond acceptors (Lipinski definition) is 3. The van der Waals surface area contributed by atoms with Gasteiger partial charge in [-0.2, -0.15) is 9.68 Å². The quantitative estimate of drug-likeness (QED) is 0.527. The van der Waals surface area contributed by atoms with Gasteiger partial charge in [0.2, 0.25) is 5.52 Å². The molecule has 3 rings (SSSR count). The normalized spacial score (nSPS) is 11.2. The second kappa shape index (κ2) is 5.93. The highest BCUT2D eigenvalue weighted by atomic mass is 15.1. The van der Waals surface area contributed by atoms with Crippen LogP contribution in [0.4, 0.5) is 17.1 Å². The molecule has 0 atom stereocenters. The van der Waals surface area contributed by atoms with Gasteiger partial charge < -0.3 is 4.90 Å². The first-order valence-corrected chi connectivity index (χ1v) is 7.21. The minimum absolute atomic E-state index is 0.845. The lowest BCUT2D eigenvalue weighted by atomic mass is 10.2. The number of fused-ring (bicyclic) bond motifs is 1. The summed E-state index contributed by atoms with van der Waals surface area (Å²) in [7, 11) is 6.06. The van der Waals surface area contributed by atoms with Crippen molar-refractivity contribution in [2.45, 2.75) is 0 Å². The monoisotopic (exact) mass is 291 g/mol. The molecule has 0 N–H and O–H groups in total. The third-order valence-electron chi connectivity index (χ3n) is 3.59. The van der Waals surface area contributed by atoms with Gasteiger partial charge in [0, 0.05) is 31.2 Å². The minimum atomic E-state index is 0.845. The van der Waals surface area contributed by atoms with Crippen LogP contribution in [0.25, 0.3) is 10.9 Å². The number of benzene rings is 2. The van der Waals surface area contributed by atoms with Crippen LogP contribution in [0.3, 0.4) is 0 Å². The lowest BCUT2D eigenvalue weighted by Gasteiger charge is -2.11. The molecular formula is C18H19N4+. The van der Waals surface area contributed by atoms with Gasteiger partial charge >= 0.3 is 0 Å². The standard InChI is InChI=1S/C18H19N4/c1-21(2)17-10-8-15(9-11-17)19-20-16-12-14-6-4-5-7-18(14)22(3)13-16/h4-13H,1-3H3/q+1. The van der Waals surface area contributed by atoms with E-state index in [4.69, 9.17) is 0 Å². The van der Waals surface area contributed by atoms with E-state index in [-0.39, 0.29) is 0 Å². The van der Waals surface area contributed by atoms with Gasteiger partial charge in [-0.1, -0.05) is 12.1 Å². The van der Waals surface area contributed by atoms with Crippen molar-refractivity contribution in [3.8, 4) is 0 Å². The number of aromatic nitrogens is 1. The Morgan fingerprint density at radius 2 is 1.55 bits per heavy atom. The van der Waals surface area contributed by atoms with E-state index < -0.39 is 0 Å². The minimum Gasteiger partial charge on any atom is -0.378 e. The van der Waals surface area contributed by atoms with Crippen molar-refractivity contribution in [2.75, 3.05) is 19.0 Å². The first kappa shape index (κ1) is 14.2. The summed E-state index contributed by atoms with van der Waals surface area (Å²) < 4.78 is 2.07. The Bertz CT molecular complexity index is 820. The summed E-state index contributed by atoms with van der Waals surface area (Å²) in [6.07, 6.45) is 1.99. The van der Waals surface area contributed by atoms with Crippen LogP contribution in [0, 0.1) is 0 Å². The molecule has 0 aliphatic heterocycles. The van der Waals surface area contributed by atoms with E-state index in [2.05, 4.69) is 31.8 Å². The maximum atomic E-state index is 4.35. The fourth-order valence-electron chi connectivity index (χ4n) is 2.38. The molecule has 0 amide bonds. The first-order valence-electron chi connectivity index (χ1n) is 7.21. The Balaban J connectivity index is 1.89. The number of pyridine rings is 1. The zero-order chi connectivity index (χ0) is 15.5. The lowest BCUT2D eigenvalue weighted by molar-refractivity contribution is -0.644. The lowest BCUT2D eigenvalue weighted by Crippen LogP contribution is -2.27. The van der Waals surface area contributed by atoms with Crippen LogP contribution >= 0.6 is 0 Å². The first-order chi connectivity index (χ1) is 10.6. The molecule has 22 heavy (non-hydrogen) atoms. The molecule has 0 saturated heterocycles. The molecule has 1 aromatic heterocycles. The third-order valence-corrected chi connectivity index (χ3v) is 3.59. The van der Waals surface area contributed by atoms with E-state index in [1.54, 1.807) is 0 Å². The van der Waals surface area contributed by atoms with E-state index in [0.29, 0.717) is 0 Å². The van der Waals surface area contributed by atoms with Gasteiger partial charge in [0.05, 0.1) is 5.69 Å². The van der Waals surface area contributed by atoms with Crippen LogP contribution < -0.4 is 9.47 Å². The summed E-state index contributed by atoms with van der Waals surface area (Å²) in [6, 6.07) is 18.3.